The maximum absolute atomic E-state index is 13.7. The predicted molar refractivity (Wildman–Crippen MR) is 114 cm³/mol. The summed E-state index contributed by atoms with van der Waals surface area (Å²) in [5, 5.41) is 3.15. The van der Waals surface area contributed by atoms with Gasteiger partial charge in [0.05, 0.1) is 5.92 Å². The lowest BCUT2D eigenvalue weighted by atomic mass is 9.87. The highest BCUT2D eigenvalue weighted by Gasteiger charge is 2.34. The van der Waals surface area contributed by atoms with Crippen LogP contribution in [0.2, 0.25) is 0 Å². The first-order valence-electron chi connectivity index (χ1n) is 10.0. The van der Waals surface area contributed by atoms with Crippen LogP contribution in [0.4, 0.5) is 4.39 Å². The van der Waals surface area contributed by atoms with Crippen LogP contribution >= 0.6 is 0 Å². The summed E-state index contributed by atoms with van der Waals surface area (Å²) < 4.78 is 21.4. The average molecular weight is 413 g/mol. The van der Waals surface area contributed by atoms with Crippen LogP contribution in [0.1, 0.15) is 34.5 Å². The Morgan fingerprint density at radius 2 is 1.61 bits per heavy atom. The Balaban J connectivity index is 1.56. The standard InChI is InChI=1S/C25H20FN3O2/c1-29-15-14-27-24(29)23(16-10-12-17(26)13-11-16)28-25(30)22-18-6-2-4-8-20(18)31-21-9-5-3-7-19(21)22/h2-15,22-23H,1H3,(H,28,30)/t23-/m0/s1. The molecule has 1 aliphatic heterocycles. The summed E-state index contributed by atoms with van der Waals surface area (Å²) in [6.45, 7) is 0. The van der Waals surface area contributed by atoms with Crippen LogP contribution in [0.5, 0.6) is 11.5 Å². The first kappa shape index (κ1) is 19.1. The van der Waals surface area contributed by atoms with Gasteiger partial charge >= 0.3 is 0 Å². The van der Waals surface area contributed by atoms with Crippen molar-refractivity contribution in [3.8, 4) is 11.5 Å². The van der Waals surface area contributed by atoms with Gasteiger partial charge in [0, 0.05) is 30.6 Å². The molecule has 5 nitrogen and oxygen atoms in total. The SMILES string of the molecule is Cn1ccnc1[C@@H](NC(=O)C1c2ccccc2Oc2ccccc21)c1ccc(F)cc1. The molecule has 1 N–H and O–H groups in total. The van der Waals surface area contributed by atoms with Crippen LogP contribution in [0.25, 0.3) is 0 Å². The molecule has 1 amide bonds. The molecule has 1 aliphatic rings. The fourth-order valence-corrected chi connectivity index (χ4v) is 4.03. The number of benzene rings is 3. The highest BCUT2D eigenvalue weighted by Crippen LogP contribution is 2.44. The van der Waals surface area contributed by atoms with E-state index in [0.29, 0.717) is 17.3 Å². The quantitative estimate of drug-likeness (QED) is 0.528. The maximum atomic E-state index is 13.7. The van der Waals surface area contributed by atoms with Gasteiger partial charge in [-0.05, 0) is 29.8 Å². The number of aromatic nitrogens is 2. The number of halogens is 1. The van der Waals surface area contributed by atoms with Crippen molar-refractivity contribution in [2.24, 2.45) is 7.05 Å². The molecule has 31 heavy (non-hydrogen) atoms. The molecular formula is C25H20FN3O2. The summed E-state index contributed by atoms with van der Waals surface area (Å²) in [6.07, 6.45) is 3.49. The van der Waals surface area contributed by atoms with Crippen molar-refractivity contribution in [3.63, 3.8) is 0 Å². The van der Waals surface area contributed by atoms with E-state index in [4.69, 9.17) is 4.74 Å². The van der Waals surface area contributed by atoms with Gasteiger partial charge in [0.15, 0.2) is 0 Å². The molecule has 0 radical (unpaired) electrons. The summed E-state index contributed by atoms with van der Waals surface area (Å²) in [4.78, 5) is 18.1. The van der Waals surface area contributed by atoms with E-state index in [2.05, 4.69) is 10.3 Å². The van der Waals surface area contributed by atoms with E-state index in [1.165, 1.54) is 12.1 Å². The molecule has 4 aromatic rings. The van der Waals surface area contributed by atoms with Gasteiger partial charge in [0.2, 0.25) is 5.91 Å². The molecule has 0 bridgehead atoms. The van der Waals surface area contributed by atoms with Gasteiger partial charge in [-0.3, -0.25) is 4.79 Å². The number of hydrogen-bond acceptors (Lipinski definition) is 3. The van der Waals surface area contributed by atoms with Gasteiger partial charge in [-0.15, -0.1) is 0 Å². The van der Waals surface area contributed by atoms with Crippen molar-refractivity contribution >= 4 is 5.91 Å². The van der Waals surface area contributed by atoms with E-state index in [0.717, 1.165) is 16.7 Å². The number of fused-ring (bicyclic) bond motifs is 2. The summed E-state index contributed by atoms with van der Waals surface area (Å²) in [6, 6.07) is 20.7. The predicted octanol–water partition coefficient (Wildman–Crippen LogP) is 4.70. The summed E-state index contributed by atoms with van der Waals surface area (Å²) in [5.41, 5.74) is 2.35. The molecule has 0 saturated heterocycles. The first-order chi connectivity index (χ1) is 15.1. The minimum atomic E-state index is -0.538. The smallest absolute Gasteiger partial charge is 0.233 e. The zero-order valence-electron chi connectivity index (χ0n) is 16.8. The van der Waals surface area contributed by atoms with Crippen LogP contribution in [0.3, 0.4) is 0 Å². The van der Waals surface area contributed by atoms with Gasteiger partial charge in [0.25, 0.3) is 0 Å². The number of aryl methyl sites for hydroxylation is 1. The number of imidazole rings is 1. The van der Waals surface area contributed by atoms with Crippen molar-refractivity contribution in [1.29, 1.82) is 0 Å². The van der Waals surface area contributed by atoms with E-state index in [-0.39, 0.29) is 11.7 Å². The third-order valence-electron chi connectivity index (χ3n) is 5.55. The number of amides is 1. The van der Waals surface area contributed by atoms with Crippen molar-refractivity contribution in [3.05, 3.63) is 114 Å². The zero-order chi connectivity index (χ0) is 21.4. The molecule has 0 saturated carbocycles. The van der Waals surface area contributed by atoms with E-state index in [1.54, 1.807) is 18.3 Å². The Bertz CT molecular complexity index is 1200. The van der Waals surface area contributed by atoms with Crippen molar-refractivity contribution in [1.82, 2.24) is 14.9 Å². The van der Waals surface area contributed by atoms with Gasteiger partial charge in [0.1, 0.15) is 29.2 Å². The molecule has 3 aromatic carbocycles. The third-order valence-corrected chi connectivity index (χ3v) is 5.55. The number of hydrogen-bond donors (Lipinski definition) is 1. The lowest BCUT2D eigenvalue weighted by Crippen LogP contribution is -2.36. The monoisotopic (exact) mass is 413 g/mol. The first-order valence-corrected chi connectivity index (χ1v) is 10.0. The second kappa shape index (κ2) is 7.72. The lowest BCUT2D eigenvalue weighted by molar-refractivity contribution is -0.122. The minimum Gasteiger partial charge on any atom is -0.457 e. The number of nitrogens with zero attached hydrogens (tertiary/aromatic N) is 2. The van der Waals surface area contributed by atoms with Crippen LogP contribution in [0.15, 0.2) is 85.2 Å². The molecule has 1 atom stereocenters. The Hall–Kier alpha value is -3.93. The molecule has 0 spiro atoms. The summed E-state index contributed by atoms with van der Waals surface area (Å²) in [7, 11) is 1.87. The Kier molecular flexibility index (Phi) is 4.75. The van der Waals surface area contributed by atoms with Gasteiger partial charge in [-0.25, -0.2) is 9.37 Å². The number of carbonyl (C=O) groups excluding carboxylic acids is 1. The van der Waals surface area contributed by atoms with Gasteiger partial charge in [-0.1, -0.05) is 48.5 Å². The van der Waals surface area contributed by atoms with Gasteiger partial charge < -0.3 is 14.6 Å². The van der Waals surface area contributed by atoms with E-state index < -0.39 is 12.0 Å². The zero-order valence-corrected chi connectivity index (χ0v) is 16.8. The molecule has 5 rings (SSSR count). The number of carbonyl (C=O) groups is 1. The Labute approximate surface area is 179 Å². The molecule has 1 aromatic heterocycles. The number of nitrogens with one attached hydrogen (secondary N) is 1. The van der Waals surface area contributed by atoms with Crippen LogP contribution < -0.4 is 10.1 Å². The van der Waals surface area contributed by atoms with Crippen molar-refractivity contribution in [2.75, 3.05) is 0 Å². The van der Waals surface area contributed by atoms with Crippen LogP contribution in [0, 0.1) is 5.82 Å². The van der Waals surface area contributed by atoms with Gasteiger partial charge in [-0.2, -0.15) is 0 Å². The molecule has 0 aliphatic carbocycles. The molecular weight excluding hydrogens is 393 g/mol. The molecule has 2 heterocycles. The third kappa shape index (κ3) is 3.46. The Morgan fingerprint density at radius 3 is 2.19 bits per heavy atom. The lowest BCUT2D eigenvalue weighted by Gasteiger charge is -2.29. The minimum absolute atomic E-state index is 0.180. The maximum Gasteiger partial charge on any atom is 0.233 e. The second-order valence-electron chi connectivity index (χ2n) is 7.50. The summed E-state index contributed by atoms with van der Waals surface area (Å²) in [5.74, 6) is 0.938. The topological polar surface area (TPSA) is 56.2 Å². The molecule has 6 heteroatoms. The van der Waals surface area contributed by atoms with Crippen molar-refractivity contribution in [2.45, 2.75) is 12.0 Å². The number of rotatable bonds is 4. The highest BCUT2D eigenvalue weighted by molar-refractivity contribution is 5.90. The molecule has 0 fully saturated rings. The highest BCUT2D eigenvalue weighted by atomic mass is 19.1. The van der Waals surface area contributed by atoms with Crippen molar-refractivity contribution < 1.29 is 13.9 Å². The van der Waals surface area contributed by atoms with E-state index in [9.17, 15) is 9.18 Å². The fraction of sp³-hybridized carbons (Fsp3) is 0.120. The fourth-order valence-electron chi connectivity index (χ4n) is 4.03. The van der Waals surface area contributed by atoms with E-state index in [1.807, 2.05) is 66.3 Å². The number of ether oxygens (including phenoxy) is 1. The van der Waals surface area contributed by atoms with Crippen LogP contribution in [-0.2, 0) is 11.8 Å². The Morgan fingerprint density at radius 1 is 1.00 bits per heavy atom. The largest absolute Gasteiger partial charge is 0.457 e. The van der Waals surface area contributed by atoms with Crippen LogP contribution in [-0.4, -0.2) is 15.5 Å². The average Bonchev–Trinajstić information content (AvgIpc) is 3.22. The summed E-state index contributed by atoms with van der Waals surface area (Å²) >= 11 is 0. The second-order valence-corrected chi connectivity index (χ2v) is 7.50. The number of para-hydroxylation sites is 2. The normalized spacial score (nSPS) is 13.6. The molecule has 0 unspecified atom stereocenters. The van der Waals surface area contributed by atoms with E-state index >= 15 is 0 Å². The molecule has 154 valence electrons.